The lowest BCUT2D eigenvalue weighted by atomic mass is 10.2. The van der Waals surface area contributed by atoms with Crippen LogP contribution in [0.3, 0.4) is 0 Å². The molecule has 22 heavy (non-hydrogen) atoms. The number of fused-ring (bicyclic) bond motifs is 1. The number of anilines is 1. The minimum Gasteiger partial charge on any atom is -0.464 e. The summed E-state index contributed by atoms with van der Waals surface area (Å²) in [5.74, 6) is 0.489. The van der Waals surface area contributed by atoms with Crippen molar-refractivity contribution in [3.8, 4) is 11.3 Å². The Morgan fingerprint density at radius 2 is 2.23 bits per heavy atom. The van der Waals surface area contributed by atoms with Crippen LogP contribution in [0, 0.1) is 0 Å². The summed E-state index contributed by atoms with van der Waals surface area (Å²) in [5, 5.41) is 5.07. The Morgan fingerprint density at radius 1 is 1.27 bits per heavy atom. The van der Waals surface area contributed by atoms with Crippen LogP contribution in [0.4, 0.5) is 5.13 Å². The zero-order chi connectivity index (χ0) is 14.9. The number of imidazole rings is 1. The number of carbonyl (C=O) groups excluding carboxylic acids is 1. The van der Waals surface area contributed by atoms with Gasteiger partial charge in [-0.3, -0.25) is 10.1 Å². The fourth-order valence-corrected chi connectivity index (χ4v) is 2.66. The monoisotopic (exact) mass is 310 g/mol. The van der Waals surface area contributed by atoms with Crippen molar-refractivity contribution in [1.82, 2.24) is 14.4 Å². The van der Waals surface area contributed by atoms with Crippen molar-refractivity contribution in [2.24, 2.45) is 0 Å². The smallest absolute Gasteiger partial charge is 0.277 e. The van der Waals surface area contributed by atoms with Crippen molar-refractivity contribution >= 4 is 28.0 Å². The number of hydrogen-bond donors (Lipinski definition) is 1. The van der Waals surface area contributed by atoms with Crippen molar-refractivity contribution in [2.45, 2.75) is 0 Å². The molecule has 0 unspecified atom stereocenters. The first-order chi connectivity index (χ1) is 10.8. The van der Waals surface area contributed by atoms with Crippen molar-refractivity contribution in [3.05, 3.63) is 60.2 Å². The van der Waals surface area contributed by atoms with E-state index in [4.69, 9.17) is 4.42 Å². The molecule has 4 aromatic heterocycles. The Bertz CT molecular complexity index is 926. The molecule has 1 amide bonds. The normalized spacial score (nSPS) is 10.9. The van der Waals surface area contributed by atoms with Crippen molar-refractivity contribution in [1.29, 1.82) is 0 Å². The molecule has 6 nitrogen and oxygen atoms in total. The number of thiazole rings is 1. The molecule has 4 aromatic rings. The Labute approximate surface area is 129 Å². The first-order valence-electron chi connectivity index (χ1n) is 6.53. The van der Waals surface area contributed by atoms with E-state index in [1.54, 1.807) is 28.4 Å². The number of carbonyl (C=O) groups is 1. The first kappa shape index (κ1) is 12.8. The quantitative estimate of drug-likeness (QED) is 0.630. The molecule has 0 fully saturated rings. The summed E-state index contributed by atoms with van der Waals surface area (Å²) in [7, 11) is 0. The van der Waals surface area contributed by atoms with Gasteiger partial charge >= 0.3 is 0 Å². The predicted octanol–water partition coefficient (Wildman–Crippen LogP) is 3.30. The summed E-state index contributed by atoms with van der Waals surface area (Å²) in [4.78, 5) is 20.5. The van der Waals surface area contributed by atoms with Gasteiger partial charge in [-0.05, 0) is 24.3 Å². The molecule has 0 bridgehead atoms. The number of hydrogen-bond acceptors (Lipinski definition) is 5. The third-order valence-corrected chi connectivity index (χ3v) is 3.83. The lowest BCUT2D eigenvalue weighted by Crippen LogP contribution is -2.11. The SMILES string of the molecule is O=C(Nc1nccs1)c1cn2cc(-c3ccco3)ccc2n1. The number of rotatable bonds is 3. The second-order valence-electron chi connectivity index (χ2n) is 4.58. The van der Waals surface area contributed by atoms with Gasteiger partial charge in [0.05, 0.1) is 6.26 Å². The molecule has 4 rings (SSSR count). The van der Waals surface area contributed by atoms with Crippen molar-refractivity contribution < 1.29 is 9.21 Å². The molecule has 1 N–H and O–H groups in total. The second kappa shape index (κ2) is 5.12. The number of pyridine rings is 1. The van der Waals surface area contributed by atoms with E-state index in [2.05, 4.69) is 15.3 Å². The molecular weight excluding hydrogens is 300 g/mol. The van der Waals surface area contributed by atoms with E-state index in [9.17, 15) is 4.79 Å². The molecule has 0 aliphatic rings. The minimum absolute atomic E-state index is 0.279. The zero-order valence-corrected chi connectivity index (χ0v) is 12.1. The van der Waals surface area contributed by atoms with E-state index in [1.165, 1.54) is 11.3 Å². The van der Waals surface area contributed by atoms with Gasteiger partial charge in [0, 0.05) is 29.5 Å². The highest BCUT2D eigenvalue weighted by Crippen LogP contribution is 2.21. The highest BCUT2D eigenvalue weighted by Gasteiger charge is 2.12. The molecule has 0 radical (unpaired) electrons. The summed E-state index contributed by atoms with van der Waals surface area (Å²) < 4.78 is 7.17. The van der Waals surface area contributed by atoms with Crippen LogP contribution in [0.2, 0.25) is 0 Å². The van der Waals surface area contributed by atoms with Crippen LogP contribution in [-0.2, 0) is 0 Å². The Morgan fingerprint density at radius 3 is 3.00 bits per heavy atom. The molecular formula is C15H10N4O2S. The van der Waals surface area contributed by atoms with Gasteiger partial charge in [0.2, 0.25) is 0 Å². The van der Waals surface area contributed by atoms with Gasteiger partial charge in [0.15, 0.2) is 5.13 Å². The van der Waals surface area contributed by atoms with E-state index >= 15 is 0 Å². The lowest BCUT2D eigenvalue weighted by Gasteiger charge is -1.97. The standard InChI is InChI=1S/C15H10N4O2S/c20-14(18-15-16-5-7-22-15)11-9-19-8-10(3-4-13(19)17-11)12-2-1-6-21-12/h1-9H,(H,16,18,20). The number of nitrogens with one attached hydrogen (secondary N) is 1. The second-order valence-corrected chi connectivity index (χ2v) is 5.47. The Balaban J connectivity index is 1.67. The molecule has 0 aliphatic heterocycles. The summed E-state index contributed by atoms with van der Waals surface area (Å²) in [5.41, 5.74) is 1.95. The average Bonchev–Trinajstić information content (AvgIpc) is 3.27. The van der Waals surface area contributed by atoms with Crippen LogP contribution < -0.4 is 5.32 Å². The van der Waals surface area contributed by atoms with Gasteiger partial charge in [-0.1, -0.05) is 0 Å². The topological polar surface area (TPSA) is 72.4 Å². The molecule has 4 heterocycles. The maximum atomic E-state index is 12.2. The van der Waals surface area contributed by atoms with E-state index in [0.717, 1.165) is 11.3 Å². The number of aromatic nitrogens is 3. The number of amides is 1. The zero-order valence-electron chi connectivity index (χ0n) is 11.3. The van der Waals surface area contributed by atoms with Gasteiger partial charge in [-0.25, -0.2) is 9.97 Å². The molecule has 0 aromatic carbocycles. The molecule has 0 saturated carbocycles. The van der Waals surface area contributed by atoms with Gasteiger partial charge in [0.1, 0.15) is 17.1 Å². The van der Waals surface area contributed by atoms with E-state index in [-0.39, 0.29) is 5.91 Å². The van der Waals surface area contributed by atoms with Crippen LogP contribution in [-0.4, -0.2) is 20.3 Å². The van der Waals surface area contributed by atoms with Crippen LogP contribution in [0.5, 0.6) is 0 Å². The first-order valence-corrected chi connectivity index (χ1v) is 7.41. The van der Waals surface area contributed by atoms with Crippen LogP contribution >= 0.6 is 11.3 Å². The van der Waals surface area contributed by atoms with E-state index < -0.39 is 0 Å². The van der Waals surface area contributed by atoms with Gasteiger partial charge in [-0.2, -0.15) is 0 Å². The molecule has 0 atom stereocenters. The molecule has 7 heteroatoms. The van der Waals surface area contributed by atoms with Crippen LogP contribution in [0.15, 0.2) is 58.9 Å². The van der Waals surface area contributed by atoms with E-state index in [0.29, 0.717) is 16.5 Å². The molecule has 0 aliphatic carbocycles. The van der Waals surface area contributed by atoms with Crippen LogP contribution in [0.25, 0.3) is 17.0 Å². The average molecular weight is 310 g/mol. The highest BCUT2D eigenvalue weighted by atomic mass is 32.1. The fraction of sp³-hybridized carbons (Fsp3) is 0. The van der Waals surface area contributed by atoms with E-state index in [1.807, 2.05) is 30.5 Å². The van der Waals surface area contributed by atoms with Gasteiger partial charge < -0.3 is 8.82 Å². The predicted molar refractivity (Wildman–Crippen MR) is 83.0 cm³/mol. The Kier molecular flexibility index (Phi) is 2.97. The maximum absolute atomic E-state index is 12.2. The van der Waals surface area contributed by atoms with Crippen molar-refractivity contribution in [2.75, 3.05) is 5.32 Å². The third kappa shape index (κ3) is 2.27. The number of nitrogens with zero attached hydrogens (tertiary/aromatic N) is 3. The maximum Gasteiger partial charge on any atom is 0.277 e. The van der Waals surface area contributed by atoms with Gasteiger partial charge in [0.25, 0.3) is 5.91 Å². The minimum atomic E-state index is -0.279. The third-order valence-electron chi connectivity index (χ3n) is 3.14. The lowest BCUT2D eigenvalue weighted by molar-refractivity contribution is 0.102. The summed E-state index contributed by atoms with van der Waals surface area (Å²) in [6, 6.07) is 7.47. The fourth-order valence-electron chi connectivity index (χ4n) is 2.14. The molecule has 0 spiro atoms. The van der Waals surface area contributed by atoms with Gasteiger partial charge in [-0.15, -0.1) is 11.3 Å². The molecule has 0 saturated heterocycles. The number of furan rings is 1. The largest absolute Gasteiger partial charge is 0.464 e. The summed E-state index contributed by atoms with van der Waals surface area (Å²) in [6.45, 7) is 0. The van der Waals surface area contributed by atoms with Crippen molar-refractivity contribution in [3.63, 3.8) is 0 Å². The summed E-state index contributed by atoms with van der Waals surface area (Å²) >= 11 is 1.36. The molecule has 108 valence electrons. The Hall–Kier alpha value is -2.93. The highest BCUT2D eigenvalue weighted by molar-refractivity contribution is 7.13. The summed E-state index contributed by atoms with van der Waals surface area (Å²) in [6.07, 6.45) is 6.83. The van der Waals surface area contributed by atoms with Crippen LogP contribution in [0.1, 0.15) is 10.5 Å².